The highest BCUT2D eigenvalue weighted by Crippen LogP contribution is 2.41. The summed E-state index contributed by atoms with van der Waals surface area (Å²) in [6.45, 7) is 3.85. The molecule has 4 rings (SSSR count). The highest BCUT2D eigenvalue weighted by Gasteiger charge is 2.43. The lowest BCUT2D eigenvalue weighted by atomic mass is 9.79. The van der Waals surface area contributed by atoms with Gasteiger partial charge in [-0.1, -0.05) is 35.5 Å². The normalized spacial score (nSPS) is 20.8. The average Bonchev–Trinajstić information content (AvgIpc) is 3.34. The molecule has 1 aromatic carbocycles. The molecule has 0 unspecified atom stereocenters. The zero-order chi connectivity index (χ0) is 17.3. The molecule has 0 saturated carbocycles. The van der Waals surface area contributed by atoms with Crippen molar-refractivity contribution in [2.24, 2.45) is 7.05 Å². The van der Waals surface area contributed by atoms with Crippen molar-refractivity contribution in [2.45, 2.75) is 31.2 Å². The van der Waals surface area contributed by atoms with E-state index in [0.29, 0.717) is 5.69 Å². The van der Waals surface area contributed by atoms with E-state index in [1.807, 2.05) is 4.90 Å². The van der Waals surface area contributed by atoms with E-state index in [4.69, 9.17) is 0 Å². The monoisotopic (exact) mass is 339 g/mol. The van der Waals surface area contributed by atoms with Crippen LogP contribution in [0.4, 0.5) is 0 Å². The van der Waals surface area contributed by atoms with Crippen molar-refractivity contribution in [2.75, 3.05) is 26.2 Å². The Hall–Kier alpha value is -2.21. The summed E-state index contributed by atoms with van der Waals surface area (Å²) in [6.07, 6.45) is 6.20. The summed E-state index contributed by atoms with van der Waals surface area (Å²) >= 11 is 0. The number of hydrogen-bond acceptors (Lipinski definition) is 4. The number of piperidine rings is 1. The van der Waals surface area contributed by atoms with Crippen molar-refractivity contribution in [3.05, 3.63) is 47.8 Å². The van der Waals surface area contributed by atoms with Crippen LogP contribution >= 0.6 is 0 Å². The molecule has 1 aromatic heterocycles. The summed E-state index contributed by atoms with van der Waals surface area (Å²) < 4.78 is 1.58. The van der Waals surface area contributed by atoms with Crippen molar-refractivity contribution in [3.63, 3.8) is 0 Å². The van der Waals surface area contributed by atoms with Crippen LogP contribution in [0.3, 0.4) is 0 Å². The van der Waals surface area contributed by atoms with Crippen LogP contribution in [0.5, 0.6) is 0 Å². The number of likely N-dealkylation sites (tertiary alicyclic amines) is 2. The second-order valence-corrected chi connectivity index (χ2v) is 7.16. The fourth-order valence-electron chi connectivity index (χ4n) is 4.37. The lowest BCUT2D eigenvalue weighted by Gasteiger charge is -2.48. The van der Waals surface area contributed by atoms with Gasteiger partial charge < -0.3 is 4.90 Å². The van der Waals surface area contributed by atoms with Gasteiger partial charge in [-0.3, -0.25) is 14.4 Å². The van der Waals surface area contributed by atoms with E-state index < -0.39 is 0 Å². The van der Waals surface area contributed by atoms with Crippen LogP contribution in [0, 0.1) is 0 Å². The summed E-state index contributed by atoms with van der Waals surface area (Å²) in [6, 6.07) is 10.8. The second-order valence-electron chi connectivity index (χ2n) is 7.16. The molecule has 0 atom stereocenters. The van der Waals surface area contributed by atoms with Crippen molar-refractivity contribution in [3.8, 4) is 0 Å². The van der Waals surface area contributed by atoms with Gasteiger partial charge in [-0.05, 0) is 44.3 Å². The van der Waals surface area contributed by atoms with Crippen LogP contribution in [0.25, 0.3) is 0 Å². The Kier molecular flexibility index (Phi) is 4.29. The number of nitrogens with zero attached hydrogens (tertiary/aromatic N) is 5. The fraction of sp³-hybridized carbons (Fsp3) is 0.526. The van der Waals surface area contributed by atoms with Gasteiger partial charge in [-0.15, -0.1) is 5.10 Å². The lowest BCUT2D eigenvalue weighted by molar-refractivity contribution is 0.0291. The third-order valence-corrected chi connectivity index (χ3v) is 5.72. The smallest absolute Gasteiger partial charge is 0.276 e. The van der Waals surface area contributed by atoms with E-state index in [0.717, 1.165) is 39.0 Å². The molecule has 2 saturated heterocycles. The molecule has 6 heteroatoms. The summed E-state index contributed by atoms with van der Waals surface area (Å²) in [4.78, 5) is 17.3. The third kappa shape index (κ3) is 2.95. The predicted octanol–water partition coefficient (Wildman–Crippen LogP) is 2.04. The maximum Gasteiger partial charge on any atom is 0.276 e. The zero-order valence-corrected chi connectivity index (χ0v) is 14.8. The Morgan fingerprint density at radius 3 is 2.32 bits per heavy atom. The van der Waals surface area contributed by atoms with Crippen LogP contribution in [-0.4, -0.2) is 56.9 Å². The van der Waals surface area contributed by atoms with Gasteiger partial charge in [-0.25, -0.2) is 0 Å². The molecule has 0 aliphatic carbocycles. The quantitative estimate of drug-likeness (QED) is 0.859. The molecule has 132 valence electrons. The van der Waals surface area contributed by atoms with Gasteiger partial charge in [-0.2, -0.15) is 0 Å². The molecule has 6 nitrogen and oxygen atoms in total. The Bertz CT molecular complexity index is 727. The van der Waals surface area contributed by atoms with Crippen LogP contribution in [-0.2, 0) is 12.6 Å². The molecule has 1 amide bonds. The molecule has 2 aliphatic rings. The highest BCUT2D eigenvalue weighted by atomic mass is 16.2. The Morgan fingerprint density at radius 1 is 1.04 bits per heavy atom. The number of aromatic nitrogens is 3. The van der Waals surface area contributed by atoms with Crippen LogP contribution in [0.2, 0.25) is 0 Å². The van der Waals surface area contributed by atoms with Gasteiger partial charge in [0.15, 0.2) is 5.69 Å². The van der Waals surface area contributed by atoms with E-state index in [-0.39, 0.29) is 11.4 Å². The zero-order valence-electron chi connectivity index (χ0n) is 14.8. The minimum absolute atomic E-state index is 0.00353. The highest BCUT2D eigenvalue weighted by molar-refractivity contribution is 5.92. The second kappa shape index (κ2) is 6.59. The number of rotatable bonds is 3. The van der Waals surface area contributed by atoms with E-state index in [1.54, 1.807) is 17.9 Å². The van der Waals surface area contributed by atoms with E-state index in [9.17, 15) is 4.79 Å². The first-order valence-electron chi connectivity index (χ1n) is 9.15. The maximum absolute atomic E-state index is 12.7. The van der Waals surface area contributed by atoms with Gasteiger partial charge in [0.1, 0.15) is 0 Å². The molecule has 2 aliphatic heterocycles. The van der Waals surface area contributed by atoms with Crippen LogP contribution < -0.4 is 0 Å². The molecular formula is C19H25N5O. The van der Waals surface area contributed by atoms with Gasteiger partial charge in [0, 0.05) is 25.7 Å². The first-order valence-corrected chi connectivity index (χ1v) is 9.15. The molecule has 2 aromatic rings. The number of aryl methyl sites for hydroxylation is 1. The number of carbonyl (C=O) groups excluding carboxylic acids is 1. The van der Waals surface area contributed by atoms with Crippen molar-refractivity contribution < 1.29 is 4.79 Å². The van der Waals surface area contributed by atoms with Gasteiger partial charge >= 0.3 is 0 Å². The number of carbonyl (C=O) groups is 1. The molecule has 25 heavy (non-hydrogen) atoms. The Labute approximate surface area is 148 Å². The molecule has 0 N–H and O–H groups in total. The van der Waals surface area contributed by atoms with E-state index >= 15 is 0 Å². The molecular weight excluding hydrogens is 314 g/mol. The largest absolute Gasteiger partial charge is 0.337 e. The van der Waals surface area contributed by atoms with Crippen molar-refractivity contribution in [1.82, 2.24) is 24.8 Å². The molecule has 0 spiro atoms. The SMILES string of the molecule is Cn1cc(C(=O)N2CCC(c3ccccc3)(N3CCCC3)CC2)nn1. The third-order valence-electron chi connectivity index (χ3n) is 5.72. The molecule has 0 bridgehead atoms. The number of hydrogen-bond donors (Lipinski definition) is 0. The van der Waals surface area contributed by atoms with Gasteiger partial charge in [0.05, 0.1) is 6.20 Å². The van der Waals surface area contributed by atoms with Gasteiger partial charge in [0.2, 0.25) is 0 Å². The van der Waals surface area contributed by atoms with Gasteiger partial charge in [0.25, 0.3) is 5.91 Å². The number of benzene rings is 1. The number of amides is 1. The fourth-order valence-corrected chi connectivity index (χ4v) is 4.37. The topological polar surface area (TPSA) is 54.3 Å². The Balaban J connectivity index is 1.55. The lowest BCUT2D eigenvalue weighted by Crippen LogP contribution is -2.53. The van der Waals surface area contributed by atoms with E-state index in [1.165, 1.54) is 18.4 Å². The van der Waals surface area contributed by atoms with E-state index in [2.05, 4.69) is 45.5 Å². The molecule has 3 heterocycles. The minimum Gasteiger partial charge on any atom is -0.337 e. The molecule has 2 fully saturated rings. The summed E-state index contributed by atoms with van der Waals surface area (Å²) in [5.41, 5.74) is 1.90. The first-order chi connectivity index (χ1) is 12.2. The first kappa shape index (κ1) is 16.3. The minimum atomic E-state index is -0.00353. The van der Waals surface area contributed by atoms with Crippen LogP contribution in [0.1, 0.15) is 41.7 Å². The summed E-state index contributed by atoms with van der Waals surface area (Å²) in [7, 11) is 1.79. The average molecular weight is 339 g/mol. The van der Waals surface area contributed by atoms with Crippen molar-refractivity contribution in [1.29, 1.82) is 0 Å². The summed E-state index contributed by atoms with van der Waals surface area (Å²) in [5, 5.41) is 7.86. The van der Waals surface area contributed by atoms with Crippen molar-refractivity contribution >= 4 is 5.91 Å². The summed E-state index contributed by atoms with van der Waals surface area (Å²) in [5.74, 6) is -0.00353. The van der Waals surface area contributed by atoms with Crippen LogP contribution in [0.15, 0.2) is 36.5 Å². The standard InChI is InChI=1S/C19H25N5O/c1-22-15-17(20-21-22)18(25)23-13-9-19(10-14-23,24-11-5-6-12-24)16-7-3-2-4-8-16/h2-4,7-8,15H,5-6,9-14H2,1H3. The molecule has 0 radical (unpaired) electrons. The maximum atomic E-state index is 12.7. The predicted molar refractivity (Wildman–Crippen MR) is 95.1 cm³/mol. The Morgan fingerprint density at radius 2 is 1.72 bits per heavy atom.